The van der Waals surface area contributed by atoms with Crippen molar-refractivity contribution in [1.82, 2.24) is 20.6 Å². The Labute approximate surface area is 152 Å². The van der Waals surface area contributed by atoms with E-state index in [2.05, 4.69) is 34.4 Å². The summed E-state index contributed by atoms with van der Waals surface area (Å²) in [5.41, 5.74) is 0.849. The first kappa shape index (κ1) is 17.1. The molecule has 1 amide bonds. The summed E-state index contributed by atoms with van der Waals surface area (Å²) in [4.78, 5) is 31.6. The molecule has 3 unspecified atom stereocenters. The van der Waals surface area contributed by atoms with Crippen LogP contribution in [0.1, 0.15) is 69.3 Å². The van der Waals surface area contributed by atoms with Crippen molar-refractivity contribution in [3.63, 3.8) is 0 Å². The zero-order valence-electron chi connectivity index (χ0n) is 14.7. The number of nitrogens with zero attached hydrogens (tertiary/aromatic N) is 1. The van der Waals surface area contributed by atoms with E-state index in [9.17, 15) is 9.59 Å². The Morgan fingerprint density at radius 3 is 2.72 bits per heavy atom. The highest BCUT2D eigenvalue weighted by atomic mass is 32.2. The van der Waals surface area contributed by atoms with Gasteiger partial charge in [-0.25, -0.2) is 4.98 Å². The second-order valence-electron chi connectivity index (χ2n) is 7.74. The van der Waals surface area contributed by atoms with Gasteiger partial charge in [0.05, 0.1) is 11.1 Å². The summed E-state index contributed by atoms with van der Waals surface area (Å²) in [5.74, 6) is 1.74. The predicted molar refractivity (Wildman–Crippen MR) is 98.8 cm³/mol. The summed E-state index contributed by atoms with van der Waals surface area (Å²) < 4.78 is 0. The molecule has 3 aliphatic rings. The minimum atomic E-state index is -0.0479. The average Bonchev–Trinajstić information content (AvgIpc) is 3.29. The number of carbonyl (C=O) groups is 1. The van der Waals surface area contributed by atoms with Crippen molar-refractivity contribution < 1.29 is 4.79 Å². The zero-order valence-corrected chi connectivity index (χ0v) is 15.6. The zero-order chi connectivity index (χ0) is 17.6. The summed E-state index contributed by atoms with van der Waals surface area (Å²) in [5, 5.41) is 7.37. The summed E-state index contributed by atoms with van der Waals surface area (Å²) in [7, 11) is 0. The van der Waals surface area contributed by atoms with Crippen LogP contribution in [0.3, 0.4) is 0 Å². The number of carbonyl (C=O) groups excluding carboxylic acids is 1. The molecule has 7 heteroatoms. The van der Waals surface area contributed by atoms with Gasteiger partial charge in [-0.3, -0.25) is 9.59 Å². The number of hydrogen-bond acceptors (Lipinski definition) is 5. The number of rotatable bonds is 5. The molecule has 3 N–H and O–H groups in total. The van der Waals surface area contributed by atoms with Crippen molar-refractivity contribution in [3.8, 4) is 0 Å². The second-order valence-corrected chi connectivity index (χ2v) is 9.32. The lowest BCUT2D eigenvalue weighted by Crippen LogP contribution is -2.45. The number of hydrogen-bond donors (Lipinski definition) is 3. The normalized spacial score (nSPS) is 34.6. The van der Waals surface area contributed by atoms with Gasteiger partial charge in [0.2, 0.25) is 5.91 Å². The van der Waals surface area contributed by atoms with E-state index in [0.717, 1.165) is 37.2 Å². The molecule has 0 aromatic carbocycles. The van der Waals surface area contributed by atoms with Gasteiger partial charge in [0.15, 0.2) is 0 Å². The standard InChI is InChI=1S/C18H26N4O2S/c1-9-15(25-10(2)19-9)8-17(24)20-13-5-12(6-13)14-7-16(23)22-18(21-14)11-3-4-11/h7,9-13,15,19H,3-6,8H2,1-2H3,(H,20,24)(H,21,22,23)/t9?,10?,12-,13+,15?. The van der Waals surface area contributed by atoms with E-state index in [4.69, 9.17) is 0 Å². The Morgan fingerprint density at radius 2 is 2.08 bits per heavy atom. The Bertz CT molecular complexity index is 711. The molecule has 3 fully saturated rings. The molecule has 3 atom stereocenters. The SMILES string of the molecule is CC1NC(C)C(CC(=O)N[C@H]2C[C@@H](c3cc(=O)[nH]c(C4CC4)n3)C2)S1. The van der Waals surface area contributed by atoms with Crippen LogP contribution in [0.5, 0.6) is 0 Å². The maximum Gasteiger partial charge on any atom is 0.251 e. The maximum absolute atomic E-state index is 12.3. The van der Waals surface area contributed by atoms with E-state index in [-0.39, 0.29) is 17.5 Å². The van der Waals surface area contributed by atoms with Gasteiger partial charge >= 0.3 is 0 Å². The van der Waals surface area contributed by atoms with Crippen molar-refractivity contribution in [2.75, 3.05) is 0 Å². The molecule has 1 aromatic rings. The fraction of sp³-hybridized carbons (Fsp3) is 0.722. The molecule has 1 saturated heterocycles. The van der Waals surface area contributed by atoms with Crippen molar-refractivity contribution in [2.45, 2.75) is 80.5 Å². The topological polar surface area (TPSA) is 86.9 Å². The van der Waals surface area contributed by atoms with Crippen LogP contribution in [0.15, 0.2) is 10.9 Å². The Hall–Kier alpha value is -1.34. The molecular weight excluding hydrogens is 336 g/mol. The van der Waals surface area contributed by atoms with E-state index >= 15 is 0 Å². The number of nitrogens with one attached hydrogen (secondary N) is 3. The summed E-state index contributed by atoms with van der Waals surface area (Å²) in [6.07, 6.45) is 4.59. The van der Waals surface area contributed by atoms with Gasteiger partial charge in [0, 0.05) is 41.7 Å². The van der Waals surface area contributed by atoms with Crippen LogP contribution < -0.4 is 16.2 Å². The van der Waals surface area contributed by atoms with E-state index in [1.165, 1.54) is 0 Å². The fourth-order valence-corrected chi connectivity index (χ4v) is 5.20. The molecule has 25 heavy (non-hydrogen) atoms. The third-order valence-electron chi connectivity index (χ3n) is 5.49. The van der Waals surface area contributed by atoms with E-state index < -0.39 is 0 Å². The third kappa shape index (κ3) is 3.92. The molecule has 2 heterocycles. The largest absolute Gasteiger partial charge is 0.353 e. The first-order valence-electron chi connectivity index (χ1n) is 9.30. The van der Waals surface area contributed by atoms with E-state index in [1.807, 2.05) is 11.8 Å². The van der Waals surface area contributed by atoms with Crippen LogP contribution in [0.4, 0.5) is 0 Å². The molecule has 2 saturated carbocycles. The Morgan fingerprint density at radius 1 is 1.32 bits per heavy atom. The van der Waals surface area contributed by atoms with E-state index in [0.29, 0.717) is 34.9 Å². The number of aromatic amines is 1. The lowest BCUT2D eigenvalue weighted by molar-refractivity contribution is -0.122. The molecule has 6 nitrogen and oxygen atoms in total. The quantitative estimate of drug-likeness (QED) is 0.744. The molecular formula is C18H26N4O2S. The number of H-pyrrole nitrogens is 1. The highest BCUT2D eigenvalue weighted by molar-refractivity contribution is 8.00. The molecule has 1 aliphatic heterocycles. The van der Waals surface area contributed by atoms with Gasteiger partial charge in [0.25, 0.3) is 5.56 Å². The molecule has 0 spiro atoms. The lowest BCUT2D eigenvalue weighted by Gasteiger charge is -2.35. The summed E-state index contributed by atoms with van der Waals surface area (Å²) in [6.45, 7) is 4.28. The maximum atomic E-state index is 12.3. The van der Waals surface area contributed by atoms with Gasteiger partial charge in [0.1, 0.15) is 5.82 Å². The van der Waals surface area contributed by atoms with Crippen LogP contribution in [-0.4, -0.2) is 38.6 Å². The van der Waals surface area contributed by atoms with Gasteiger partial charge in [-0.05, 0) is 39.5 Å². The van der Waals surface area contributed by atoms with Gasteiger partial charge < -0.3 is 15.6 Å². The number of amides is 1. The second kappa shape index (κ2) is 6.76. The summed E-state index contributed by atoms with van der Waals surface area (Å²) in [6, 6.07) is 2.22. The van der Waals surface area contributed by atoms with Crippen molar-refractivity contribution in [1.29, 1.82) is 0 Å². The van der Waals surface area contributed by atoms with Crippen LogP contribution in [0, 0.1) is 0 Å². The monoisotopic (exact) mass is 362 g/mol. The average molecular weight is 362 g/mol. The van der Waals surface area contributed by atoms with Crippen LogP contribution >= 0.6 is 11.8 Å². The molecule has 2 aliphatic carbocycles. The third-order valence-corrected chi connectivity index (χ3v) is 6.95. The van der Waals surface area contributed by atoms with Crippen molar-refractivity contribution in [2.24, 2.45) is 0 Å². The first-order chi connectivity index (χ1) is 12.0. The summed E-state index contributed by atoms with van der Waals surface area (Å²) >= 11 is 1.84. The smallest absolute Gasteiger partial charge is 0.251 e. The number of aromatic nitrogens is 2. The fourth-order valence-electron chi connectivity index (χ4n) is 3.82. The van der Waals surface area contributed by atoms with Crippen molar-refractivity contribution >= 4 is 17.7 Å². The van der Waals surface area contributed by atoms with Crippen molar-refractivity contribution in [3.05, 3.63) is 27.9 Å². The molecule has 4 rings (SSSR count). The molecule has 136 valence electrons. The first-order valence-corrected chi connectivity index (χ1v) is 10.2. The Balaban J connectivity index is 1.28. The van der Waals surface area contributed by atoms with Gasteiger partial charge in [-0.2, -0.15) is 0 Å². The van der Waals surface area contributed by atoms with Crippen LogP contribution in [-0.2, 0) is 4.79 Å². The predicted octanol–water partition coefficient (Wildman–Crippen LogP) is 1.84. The molecule has 1 aromatic heterocycles. The minimum absolute atomic E-state index is 0.0479. The van der Waals surface area contributed by atoms with E-state index in [1.54, 1.807) is 6.07 Å². The molecule has 0 bridgehead atoms. The lowest BCUT2D eigenvalue weighted by atomic mass is 9.78. The highest BCUT2D eigenvalue weighted by Gasteiger charge is 2.36. The van der Waals surface area contributed by atoms with Gasteiger partial charge in [-0.15, -0.1) is 11.8 Å². The Kier molecular flexibility index (Phi) is 4.62. The van der Waals surface area contributed by atoms with Gasteiger partial charge in [-0.1, -0.05) is 0 Å². The van der Waals surface area contributed by atoms with Crippen LogP contribution in [0.25, 0.3) is 0 Å². The molecule has 0 radical (unpaired) electrons. The highest BCUT2D eigenvalue weighted by Crippen LogP contribution is 2.40. The minimum Gasteiger partial charge on any atom is -0.353 e. The van der Waals surface area contributed by atoms with Crippen LogP contribution in [0.2, 0.25) is 0 Å². The number of thioether (sulfide) groups is 1.